The first-order valence-electron chi connectivity index (χ1n) is 6.21. The maximum absolute atomic E-state index is 13.0. The number of nitrogens with zero attached hydrogens (tertiary/aromatic N) is 1. The maximum atomic E-state index is 13.0. The van der Waals surface area contributed by atoms with Crippen LogP contribution in [0, 0.1) is 5.82 Å². The molecule has 0 spiro atoms. The summed E-state index contributed by atoms with van der Waals surface area (Å²) >= 11 is 0. The van der Waals surface area contributed by atoms with E-state index in [0.717, 1.165) is 0 Å². The second-order valence-corrected chi connectivity index (χ2v) is 7.52. The minimum atomic E-state index is -2.99. The normalized spacial score (nSPS) is 27.7. The third-order valence-electron chi connectivity index (χ3n) is 3.87. The number of hydrogen-bond donors (Lipinski definition) is 0. The minimum Gasteiger partial charge on any atom is -0.337 e. The number of halogens is 1. The van der Waals surface area contributed by atoms with Crippen molar-refractivity contribution in [2.24, 2.45) is 0 Å². The molecule has 2 saturated heterocycles. The Balaban J connectivity index is 1.70. The number of carbonyl (C=O) groups excluding carboxylic acids is 1. The van der Waals surface area contributed by atoms with Crippen LogP contribution < -0.4 is 0 Å². The zero-order chi connectivity index (χ0) is 13.6. The molecule has 2 heterocycles. The average Bonchev–Trinajstić information content (AvgIpc) is 2.84. The zero-order valence-electron chi connectivity index (χ0n) is 10.3. The summed E-state index contributed by atoms with van der Waals surface area (Å²) in [5.41, 5.74) is 0.621. The van der Waals surface area contributed by atoms with Crippen molar-refractivity contribution in [2.45, 2.75) is 24.1 Å². The van der Waals surface area contributed by atoms with Gasteiger partial charge in [-0.05, 0) is 24.1 Å². The van der Waals surface area contributed by atoms with Gasteiger partial charge in [0, 0.05) is 12.6 Å². The van der Waals surface area contributed by atoms with Crippen molar-refractivity contribution in [3.05, 3.63) is 35.6 Å². The second kappa shape index (κ2) is 4.30. The van der Waals surface area contributed by atoms with Gasteiger partial charge in [0.25, 0.3) is 0 Å². The summed E-state index contributed by atoms with van der Waals surface area (Å²) in [5.74, 6) is -0.407. The second-order valence-electron chi connectivity index (χ2n) is 5.19. The Kier molecular flexibility index (Phi) is 2.85. The van der Waals surface area contributed by atoms with Gasteiger partial charge >= 0.3 is 0 Å². The standard InChI is InChI=1S/C13H14FNO3S/c14-10-3-1-2-9(4-10)5-13(16)15-7-12-6-11(15)8-19(12,17)18/h1-4,11-12H,5-8H2. The molecule has 6 heteroatoms. The molecule has 4 nitrogen and oxygen atoms in total. The van der Waals surface area contributed by atoms with E-state index in [2.05, 4.69) is 0 Å². The highest BCUT2D eigenvalue weighted by Crippen LogP contribution is 2.33. The number of sulfone groups is 1. The first-order chi connectivity index (χ1) is 8.95. The van der Waals surface area contributed by atoms with E-state index in [4.69, 9.17) is 0 Å². The molecule has 1 aromatic carbocycles. The van der Waals surface area contributed by atoms with Crippen molar-refractivity contribution in [1.29, 1.82) is 0 Å². The van der Waals surface area contributed by atoms with Crippen molar-refractivity contribution in [3.8, 4) is 0 Å². The van der Waals surface area contributed by atoms with Gasteiger partial charge in [0.05, 0.1) is 17.4 Å². The van der Waals surface area contributed by atoms with Crippen LogP contribution in [0.3, 0.4) is 0 Å². The van der Waals surface area contributed by atoms with Crippen LogP contribution in [0.15, 0.2) is 24.3 Å². The molecule has 0 aromatic heterocycles. The first kappa shape index (κ1) is 12.6. The van der Waals surface area contributed by atoms with Crippen molar-refractivity contribution in [3.63, 3.8) is 0 Å². The minimum absolute atomic E-state index is 0.0759. The molecule has 2 aliphatic rings. The van der Waals surface area contributed by atoms with Crippen molar-refractivity contribution in [1.82, 2.24) is 4.90 Å². The summed E-state index contributed by atoms with van der Waals surface area (Å²) in [5, 5.41) is -0.394. The number of benzene rings is 1. The van der Waals surface area contributed by atoms with Gasteiger partial charge in [0.2, 0.25) is 5.91 Å². The largest absolute Gasteiger partial charge is 0.337 e. The lowest BCUT2D eigenvalue weighted by Crippen LogP contribution is -2.44. The van der Waals surface area contributed by atoms with Gasteiger partial charge in [-0.3, -0.25) is 4.79 Å². The molecule has 2 atom stereocenters. The molecule has 1 aromatic rings. The molecule has 0 radical (unpaired) electrons. The van der Waals surface area contributed by atoms with Crippen LogP contribution in [-0.4, -0.2) is 42.8 Å². The third-order valence-corrected chi connectivity index (χ3v) is 6.08. The molecule has 2 unspecified atom stereocenters. The van der Waals surface area contributed by atoms with E-state index >= 15 is 0 Å². The number of likely N-dealkylation sites (tertiary alicyclic amines) is 1. The lowest BCUT2D eigenvalue weighted by molar-refractivity contribution is -0.131. The molecular formula is C13H14FNO3S. The first-order valence-corrected chi connectivity index (χ1v) is 7.93. The third kappa shape index (κ3) is 2.25. The Bertz CT molecular complexity index is 629. The zero-order valence-corrected chi connectivity index (χ0v) is 11.1. The summed E-state index contributed by atoms with van der Waals surface area (Å²) in [6.45, 7) is 0.293. The van der Waals surface area contributed by atoms with Gasteiger partial charge in [-0.2, -0.15) is 0 Å². The van der Waals surface area contributed by atoms with Crippen LogP contribution in [0.25, 0.3) is 0 Å². The predicted molar refractivity (Wildman–Crippen MR) is 67.8 cm³/mol. The Morgan fingerprint density at radius 3 is 2.79 bits per heavy atom. The van der Waals surface area contributed by atoms with Crippen LogP contribution in [0.1, 0.15) is 12.0 Å². The molecule has 2 aliphatic heterocycles. The molecule has 2 fully saturated rings. The molecule has 0 N–H and O–H groups in total. The van der Waals surface area contributed by atoms with Gasteiger partial charge in [-0.25, -0.2) is 12.8 Å². The lowest BCUT2D eigenvalue weighted by atomic mass is 10.1. The number of amides is 1. The summed E-state index contributed by atoms with van der Waals surface area (Å²) in [6.07, 6.45) is 0.679. The highest BCUT2D eigenvalue weighted by Gasteiger charge is 2.49. The summed E-state index contributed by atoms with van der Waals surface area (Å²) in [7, 11) is -2.99. The van der Waals surface area contributed by atoms with Gasteiger partial charge < -0.3 is 4.90 Å². The van der Waals surface area contributed by atoms with E-state index in [1.165, 1.54) is 12.1 Å². The summed E-state index contributed by atoms with van der Waals surface area (Å²) in [6, 6.07) is 5.75. The van der Waals surface area contributed by atoms with Crippen LogP contribution in [0.5, 0.6) is 0 Å². The fraction of sp³-hybridized carbons (Fsp3) is 0.462. The molecule has 19 heavy (non-hydrogen) atoms. The summed E-state index contributed by atoms with van der Waals surface area (Å²) < 4.78 is 36.3. The van der Waals surface area contributed by atoms with Crippen LogP contribution in [0.2, 0.25) is 0 Å². The summed E-state index contributed by atoms with van der Waals surface area (Å²) in [4.78, 5) is 13.8. The fourth-order valence-electron chi connectivity index (χ4n) is 2.92. The Labute approximate surface area is 111 Å². The Hall–Kier alpha value is -1.43. The van der Waals surface area contributed by atoms with Crippen molar-refractivity contribution < 1.29 is 17.6 Å². The monoisotopic (exact) mass is 283 g/mol. The smallest absolute Gasteiger partial charge is 0.227 e. The molecular weight excluding hydrogens is 269 g/mol. The van der Waals surface area contributed by atoms with Gasteiger partial charge in [0.1, 0.15) is 5.82 Å². The number of carbonyl (C=O) groups is 1. The molecule has 2 bridgehead atoms. The number of rotatable bonds is 2. The van der Waals surface area contributed by atoms with E-state index < -0.39 is 15.1 Å². The topological polar surface area (TPSA) is 54.5 Å². The molecule has 3 rings (SSSR count). The van der Waals surface area contributed by atoms with Crippen LogP contribution >= 0.6 is 0 Å². The van der Waals surface area contributed by atoms with E-state index in [0.29, 0.717) is 18.5 Å². The lowest BCUT2D eigenvalue weighted by Gasteiger charge is -2.26. The molecule has 0 saturated carbocycles. The number of fused-ring (bicyclic) bond motifs is 2. The van der Waals surface area contributed by atoms with Crippen LogP contribution in [0.4, 0.5) is 4.39 Å². The van der Waals surface area contributed by atoms with E-state index in [1.807, 2.05) is 0 Å². The SMILES string of the molecule is O=C(Cc1cccc(F)c1)N1CC2CC1CS2(=O)=O. The molecule has 102 valence electrons. The Morgan fingerprint density at radius 2 is 2.21 bits per heavy atom. The van der Waals surface area contributed by atoms with E-state index in [-0.39, 0.29) is 29.9 Å². The average molecular weight is 283 g/mol. The fourth-order valence-corrected chi connectivity index (χ4v) is 4.95. The number of hydrogen-bond acceptors (Lipinski definition) is 3. The highest BCUT2D eigenvalue weighted by molar-refractivity contribution is 7.92. The van der Waals surface area contributed by atoms with Crippen molar-refractivity contribution >= 4 is 15.7 Å². The van der Waals surface area contributed by atoms with Gasteiger partial charge in [-0.1, -0.05) is 12.1 Å². The van der Waals surface area contributed by atoms with Gasteiger partial charge in [0.15, 0.2) is 9.84 Å². The van der Waals surface area contributed by atoms with E-state index in [9.17, 15) is 17.6 Å². The van der Waals surface area contributed by atoms with Crippen LogP contribution in [-0.2, 0) is 21.1 Å². The quantitative estimate of drug-likeness (QED) is 0.805. The molecule has 1 amide bonds. The Morgan fingerprint density at radius 1 is 1.42 bits per heavy atom. The van der Waals surface area contributed by atoms with Crippen molar-refractivity contribution in [2.75, 3.05) is 12.3 Å². The van der Waals surface area contributed by atoms with Gasteiger partial charge in [-0.15, -0.1) is 0 Å². The predicted octanol–water partition coefficient (Wildman–Crippen LogP) is 0.766. The molecule has 0 aliphatic carbocycles. The van der Waals surface area contributed by atoms with E-state index in [1.54, 1.807) is 17.0 Å². The maximum Gasteiger partial charge on any atom is 0.227 e. The highest BCUT2D eigenvalue weighted by atomic mass is 32.2.